The Morgan fingerprint density at radius 2 is 1.82 bits per heavy atom. The number of halogens is 4. The van der Waals surface area contributed by atoms with Crippen LogP contribution in [0.3, 0.4) is 0 Å². The molecule has 0 saturated carbocycles. The van der Waals surface area contributed by atoms with E-state index in [9.17, 15) is 22.4 Å². The fourth-order valence-electron chi connectivity index (χ4n) is 1.11. The zero-order chi connectivity index (χ0) is 13.2. The summed E-state index contributed by atoms with van der Waals surface area (Å²) in [4.78, 5) is 10.9. The first-order valence-corrected chi connectivity index (χ1v) is 4.60. The van der Waals surface area contributed by atoms with E-state index in [1.165, 1.54) is 6.92 Å². The zero-order valence-corrected chi connectivity index (χ0v) is 8.77. The minimum absolute atomic E-state index is 0.269. The van der Waals surface area contributed by atoms with E-state index in [4.69, 9.17) is 5.73 Å². The smallest absolute Gasteiger partial charge is 0.381 e. The molecular weight excluding hydrogens is 242 g/mol. The molecule has 0 aliphatic carbocycles. The first-order valence-electron chi connectivity index (χ1n) is 4.60. The second-order valence-electron chi connectivity index (χ2n) is 3.15. The van der Waals surface area contributed by atoms with Crippen LogP contribution in [-0.4, -0.2) is 12.6 Å². The molecule has 2 N–H and O–H groups in total. The van der Waals surface area contributed by atoms with Crippen LogP contribution in [0.5, 0.6) is 0 Å². The van der Waals surface area contributed by atoms with Gasteiger partial charge in [0.1, 0.15) is 17.3 Å². The Hall–Kier alpha value is -1.79. The zero-order valence-electron chi connectivity index (χ0n) is 8.77. The van der Waals surface area contributed by atoms with Gasteiger partial charge in [0.05, 0.1) is 6.61 Å². The van der Waals surface area contributed by atoms with Crippen molar-refractivity contribution < 1.29 is 27.1 Å². The summed E-state index contributed by atoms with van der Waals surface area (Å²) in [5, 5.41) is 0. The van der Waals surface area contributed by atoms with Gasteiger partial charge < -0.3 is 10.5 Å². The Kier molecular flexibility index (Phi) is 3.59. The van der Waals surface area contributed by atoms with E-state index in [2.05, 4.69) is 4.74 Å². The number of benzene rings is 1. The molecule has 0 spiro atoms. The molecule has 1 rings (SSSR count). The van der Waals surface area contributed by atoms with Crippen LogP contribution in [0.4, 0.5) is 23.2 Å². The lowest BCUT2D eigenvalue weighted by Gasteiger charge is -2.15. The van der Waals surface area contributed by atoms with Gasteiger partial charge in [0.15, 0.2) is 0 Å². The van der Waals surface area contributed by atoms with Gasteiger partial charge in [-0.2, -0.15) is 8.78 Å². The number of ether oxygens (including phenoxy) is 1. The number of carbonyl (C=O) groups excluding carboxylic acids is 1. The predicted molar refractivity (Wildman–Crippen MR) is 51.3 cm³/mol. The van der Waals surface area contributed by atoms with Gasteiger partial charge >= 0.3 is 11.9 Å². The van der Waals surface area contributed by atoms with Crippen LogP contribution in [-0.2, 0) is 15.5 Å². The molecule has 1 aromatic carbocycles. The fraction of sp³-hybridized carbons (Fsp3) is 0.300. The van der Waals surface area contributed by atoms with E-state index in [0.717, 1.165) is 0 Å². The number of hydrogen-bond donors (Lipinski definition) is 1. The molecule has 0 aromatic heterocycles. The molecule has 0 amide bonds. The molecule has 0 heterocycles. The van der Waals surface area contributed by atoms with Crippen molar-refractivity contribution in [2.45, 2.75) is 12.8 Å². The van der Waals surface area contributed by atoms with Crippen molar-refractivity contribution in [2.24, 2.45) is 0 Å². The Labute approximate surface area is 94.2 Å². The number of anilines is 1. The van der Waals surface area contributed by atoms with Crippen LogP contribution >= 0.6 is 0 Å². The molecule has 0 atom stereocenters. The lowest BCUT2D eigenvalue weighted by molar-refractivity contribution is -0.173. The summed E-state index contributed by atoms with van der Waals surface area (Å²) in [5.41, 5.74) is 2.90. The minimum Gasteiger partial charge on any atom is -0.461 e. The molecule has 0 fully saturated rings. The van der Waals surface area contributed by atoms with Crippen LogP contribution in [0, 0.1) is 11.6 Å². The maximum absolute atomic E-state index is 13.4. The van der Waals surface area contributed by atoms with Crippen molar-refractivity contribution in [1.29, 1.82) is 0 Å². The summed E-state index contributed by atoms with van der Waals surface area (Å²) in [5.74, 6) is -8.71. The highest BCUT2D eigenvalue weighted by atomic mass is 19.3. The summed E-state index contributed by atoms with van der Waals surface area (Å²) in [6, 6.07) is 0.602. The first kappa shape index (κ1) is 13.3. The van der Waals surface area contributed by atoms with Gasteiger partial charge in [0.2, 0.25) is 0 Å². The van der Waals surface area contributed by atoms with Gasteiger partial charge in [-0.25, -0.2) is 13.6 Å². The summed E-state index contributed by atoms with van der Waals surface area (Å²) < 4.78 is 56.8. The normalized spacial score (nSPS) is 11.4. The largest absolute Gasteiger partial charge is 0.461 e. The molecule has 0 unspecified atom stereocenters. The minimum atomic E-state index is -4.12. The average molecular weight is 251 g/mol. The highest BCUT2D eigenvalue weighted by Gasteiger charge is 2.43. The summed E-state index contributed by atoms with van der Waals surface area (Å²) >= 11 is 0. The number of rotatable bonds is 3. The van der Waals surface area contributed by atoms with Gasteiger partial charge in [0, 0.05) is 5.56 Å². The molecule has 7 heteroatoms. The SMILES string of the molecule is CCOC(=O)C(F)(F)c1cc(F)c(N)c(F)c1. The summed E-state index contributed by atoms with van der Waals surface area (Å²) in [6.45, 7) is 1.06. The highest BCUT2D eigenvalue weighted by Crippen LogP contribution is 2.32. The molecule has 94 valence electrons. The molecule has 17 heavy (non-hydrogen) atoms. The number of hydrogen-bond acceptors (Lipinski definition) is 3. The van der Waals surface area contributed by atoms with Crippen LogP contribution in [0.15, 0.2) is 12.1 Å². The number of nitrogens with two attached hydrogens (primary N) is 1. The second-order valence-corrected chi connectivity index (χ2v) is 3.15. The Morgan fingerprint density at radius 1 is 1.35 bits per heavy atom. The van der Waals surface area contributed by atoms with Gasteiger partial charge in [-0.05, 0) is 19.1 Å². The molecule has 0 bridgehead atoms. The van der Waals surface area contributed by atoms with Crippen molar-refractivity contribution >= 4 is 11.7 Å². The number of carbonyl (C=O) groups is 1. The van der Waals surface area contributed by atoms with E-state index < -0.39 is 34.8 Å². The fourth-order valence-corrected chi connectivity index (χ4v) is 1.11. The monoisotopic (exact) mass is 251 g/mol. The second kappa shape index (κ2) is 4.60. The maximum atomic E-state index is 13.4. The van der Waals surface area contributed by atoms with Crippen LogP contribution in [0.25, 0.3) is 0 Å². The van der Waals surface area contributed by atoms with E-state index in [1.807, 2.05) is 0 Å². The van der Waals surface area contributed by atoms with E-state index in [-0.39, 0.29) is 6.61 Å². The van der Waals surface area contributed by atoms with Gasteiger partial charge in [-0.3, -0.25) is 0 Å². The Balaban J connectivity index is 3.19. The number of esters is 1. The Morgan fingerprint density at radius 3 is 2.24 bits per heavy atom. The van der Waals surface area contributed by atoms with Crippen LogP contribution < -0.4 is 5.73 Å². The highest BCUT2D eigenvalue weighted by molar-refractivity contribution is 5.79. The van der Waals surface area contributed by atoms with Crippen molar-refractivity contribution in [2.75, 3.05) is 12.3 Å². The molecule has 1 aromatic rings. The maximum Gasteiger partial charge on any atom is 0.381 e. The van der Waals surface area contributed by atoms with Crippen LogP contribution in [0.1, 0.15) is 12.5 Å². The van der Waals surface area contributed by atoms with Gasteiger partial charge in [-0.1, -0.05) is 0 Å². The molecule has 3 nitrogen and oxygen atoms in total. The first-order chi connectivity index (χ1) is 7.80. The van der Waals surface area contributed by atoms with E-state index in [0.29, 0.717) is 12.1 Å². The molecule has 0 aliphatic rings. The van der Waals surface area contributed by atoms with Gasteiger partial charge in [0.25, 0.3) is 0 Å². The third kappa shape index (κ3) is 2.48. The van der Waals surface area contributed by atoms with E-state index >= 15 is 0 Å². The molecule has 0 radical (unpaired) electrons. The summed E-state index contributed by atoms with van der Waals surface area (Å²) in [7, 11) is 0. The van der Waals surface area contributed by atoms with Crippen molar-refractivity contribution in [3.63, 3.8) is 0 Å². The standard InChI is InChI=1S/C10H9F4NO2/c1-2-17-9(16)10(13,14)5-3-6(11)8(15)7(12)4-5/h3-4H,2,15H2,1H3. The van der Waals surface area contributed by atoms with Crippen molar-refractivity contribution in [3.05, 3.63) is 29.3 Å². The molecule has 0 saturated heterocycles. The van der Waals surface area contributed by atoms with Gasteiger partial charge in [-0.15, -0.1) is 0 Å². The van der Waals surface area contributed by atoms with E-state index in [1.54, 1.807) is 0 Å². The van der Waals surface area contributed by atoms with Crippen molar-refractivity contribution in [1.82, 2.24) is 0 Å². The molecular formula is C10H9F4NO2. The lowest BCUT2D eigenvalue weighted by Crippen LogP contribution is -2.28. The third-order valence-electron chi connectivity index (χ3n) is 1.97. The molecule has 0 aliphatic heterocycles. The predicted octanol–water partition coefficient (Wildman–Crippen LogP) is 2.20. The topological polar surface area (TPSA) is 52.3 Å². The van der Waals surface area contributed by atoms with Crippen LogP contribution in [0.2, 0.25) is 0 Å². The summed E-state index contributed by atoms with van der Waals surface area (Å²) in [6.07, 6.45) is 0. The third-order valence-corrected chi connectivity index (χ3v) is 1.97. The average Bonchev–Trinajstić information content (AvgIpc) is 2.25. The number of nitrogen functional groups attached to an aromatic ring is 1. The lowest BCUT2D eigenvalue weighted by atomic mass is 10.1. The number of alkyl halides is 2. The quantitative estimate of drug-likeness (QED) is 0.509. The Bertz CT molecular complexity index is 425. The van der Waals surface area contributed by atoms with Crippen molar-refractivity contribution in [3.8, 4) is 0 Å².